The zero-order valence-corrected chi connectivity index (χ0v) is 14.6. The molecule has 2 atom stereocenters. The Labute approximate surface area is 150 Å². The summed E-state index contributed by atoms with van der Waals surface area (Å²) in [6.07, 6.45) is 1.43. The molecule has 4 rings (SSSR count). The molecule has 26 heavy (non-hydrogen) atoms. The van der Waals surface area contributed by atoms with Gasteiger partial charge < -0.3 is 10.1 Å². The summed E-state index contributed by atoms with van der Waals surface area (Å²) in [4.78, 5) is 25.0. The van der Waals surface area contributed by atoms with E-state index in [4.69, 9.17) is 4.74 Å². The lowest BCUT2D eigenvalue weighted by atomic mass is 9.90. The van der Waals surface area contributed by atoms with Gasteiger partial charge in [-0.3, -0.25) is 15.0 Å². The number of aryl methyl sites for hydroxylation is 1. The summed E-state index contributed by atoms with van der Waals surface area (Å²) >= 11 is 0. The van der Waals surface area contributed by atoms with Crippen molar-refractivity contribution in [2.75, 3.05) is 4.90 Å². The molecule has 0 radical (unpaired) electrons. The Morgan fingerprint density at radius 2 is 2.04 bits per heavy atom. The van der Waals surface area contributed by atoms with Gasteiger partial charge in [-0.25, -0.2) is 4.79 Å². The van der Waals surface area contributed by atoms with Crippen LogP contribution >= 0.6 is 0 Å². The largest absolute Gasteiger partial charge is 0.467 e. The monoisotopic (exact) mass is 353 g/mol. The number of nitro benzene ring substituents is 1. The van der Waals surface area contributed by atoms with E-state index in [2.05, 4.69) is 12.2 Å². The van der Waals surface area contributed by atoms with E-state index in [1.807, 2.05) is 31.2 Å². The molecule has 2 aromatic rings. The van der Waals surface area contributed by atoms with Crippen LogP contribution in [0.15, 0.2) is 42.5 Å². The van der Waals surface area contributed by atoms with Gasteiger partial charge in [0.1, 0.15) is 5.75 Å². The van der Waals surface area contributed by atoms with Crippen molar-refractivity contribution in [3.8, 4) is 5.75 Å². The molecule has 0 unspecified atom stereocenters. The number of nitrogens with one attached hydrogen (secondary N) is 1. The van der Waals surface area contributed by atoms with Gasteiger partial charge in [-0.1, -0.05) is 19.1 Å². The summed E-state index contributed by atoms with van der Waals surface area (Å²) < 4.78 is 6.16. The first kappa shape index (κ1) is 16.4. The Bertz CT molecular complexity index is 896. The minimum atomic E-state index is -0.857. The third kappa shape index (κ3) is 2.47. The van der Waals surface area contributed by atoms with E-state index in [-0.39, 0.29) is 17.8 Å². The summed E-state index contributed by atoms with van der Waals surface area (Å²) in [6, 6.07) is 11.7. The predicted molar refractivity (Wildman–Crippen MR) is 96.3 cm³/mol. The van der Waals surface area contributed by atoms with Gasteiger partial charge in [-0.15, -0.1) is 0 Å². The lowest BCUT2D eigenvalue weighted by Crippen LogP contribution is -2.65. The van der Waals surface area contributed by atoms with E-state index < -0.39 is 10.6 Å². The number of urea groups is 1. The van der Waals surface area contributed by atoms with Crippen LogP contribution in [0.2, 0.25) is 0 Å². The van der Waals surface area contributed by atoms with Crippen LogP contribution in [-0.2, 0) is 6.42 Å². The molecule has 1 fully saturated rings. The molecule has 0 aliphatic carbocycles. The maximum atomic E-state index is 12.8. The number of hydrogen-bond donors (Lipinski definition) is 1. The molecule has 0 saturated carbocycles. The highest BCUT2D eigenvalue weighted by Crippen LogP contribution is 2.46. The second-order valence-electron chi connectivity index (χ2n) is 6.82. The SMILES string of the molecule is CCc1ccc(N2C(=O)N[C@H]3C[C@@]2(C)Oc2ccc([N+](=O)[O-])cc23)cc1. The lowest BCUT2D eigenvalue weighted by molar-refractivity contribution is -0.385. The van der Waals surface area contributed by atoms with Crippen molar-refractivity contribution in [2.24, 2.45) is 0 Å². The number of carbonyl (C=O) groups is 1. The van der Waals surface area contributed by atoms with E-state index in [0.717, 1.165) is 12.1 Å². The average Bonchev–Trinajstić information content (AvgIpc) is 2.61. The molecule has 2 aromatic carbocycles. The molecule has 0 aromatic heterocycles. The minimum Gasteiger partial charge on any atom is -0.467 e. The fourth-order valence-corrected chi connectivity index (χ4v) is 3.75. The van der Waals surface area contributed by atoms with Crippen molar-refractivity contribution < 1.29 is 14.5 Å². The van der Waals surface area contributed by atoms with Gasteiger partial charge in [0, 0.05) is 29.8 Å². The van der Waals surface area contributed by atoms with Crippen LogP contribution in [0.3, 0.4) is 0 Å². The summed E-state index contributed by atoms with van der Waals surface area (Å²) in [7, 11) is 0. The van der Waals surface area contributed by atoms with E-state index in [1.54, 1.807) is 11.0 Å². The third-order valence-corrected chi connectivity index (χ3v) is 5.07. The molecule has 1 saturated heterocycles. The molecular formula is C19H19N3O4. The summed E-state index contributed by atoms with van der Waals surface area (Å²) in [6.45, 7) is 3.95. The number of non-ortho nitro benzene ring substituents is 1. The molecule has 2 bridgehead atoms. The number of amides is 2. The highest BCUT2D eigenvalue weighted by molar-refractivity contribution is 5.95. The Hall–Kier alpha value is -3.09. The highest BCUT2D eigenvalue weighted by Gasteiger charge is 2.50. The van der Waals surface area contributed by atoms with Crippen molar-refractivity contribution in [3.05, 3.63) is 63.7 Å². The third-order valence-electron chi connectivity index (χ3n) is 5.07. The number of nitro groups is 1. The second kappa shape index (κ2) is 5.72. The number of carbonyl (C=O) groups excluding carboxylic acids is 1. The maximum absolute atomic E-state index is 12.8. The molecule has 2 aliphatic rings. The Balaban J connectivity index is 1.74. The first-order chi connectivity index (χ1) is 12.4. The summed E-state index contributed by atoms with van der Waals surface area (Å²) in [5, 5.41) is 14.0. The van der Waals surface area contributed by atoms with Crippen molar-refractivity contribution in [2.45, 2.75) is 38.5 Å². The van der Waals surface area contributed by atoms with Crippen LogP contribution < -0.4 is 15.0 Å². The number of nitrogens with zero attached hydrogens (tertiary/aromatic N) is 2. The second-order valence-corrected chi connectivity index (χ2v) is 6.82. The fourth-order valence-electron chi connectivity index (χ4n) is 3.75. The first-order valence-corrected chi connectivity index (χ1v) is 8.58. The van der Waals surface area contributed by atoms with Crippen molar-refractivity contribution >= 4 is 17.4 Å². The van der Waals surface area contributed by atoms with Gasteiger partial charge >= 0.3 is 6.03 Å². The molecule has 7 nitrogen and oxygen atoms in total. The summed E-state index contributed by atoms with van der Waals surface area (Å²) in [5.74, 6) is 0.560. The molecule has 0 spiro atoms. The van der Waals surface area contributed by atoms with Crippen LogP contribution in [-0.4, -0.2) is 16.7 Å². The van der Waals surface area contributed by atoms with Crippen LogP contribution in [0.1, 0.15) is 37.4 Å². The number of hydrogen-bond acceptors (Lipinski definition) is 4. The molecule has 7 heteroatoms. The van der Waals surface area contributed by atoms with Gasteiger partial charge in [-0.2, -0.15) is 0 Å². The minimum absolute atomic E-state index is 0.0113. The molecule has 2 aliphatic heterocycles. The predicted octanol–water partition coefficient (Wildman–Crippen LogP) is 3.93. The Morgan fingerprint density at radius 1 is 1.31 bits per heavy atom. The van der Waals surface area contributed by atoms with E-state index in [0.29, 0.717) is 17.7 Å². The standard InChI is InChI=1S/C19H19N3O4/c1-3-12-4-6-13(7-5-12)21-18(23)20-16-11-19(21,2)26-17-9-8-14(22(24)25)10-15(16)17/h4-10,16H,3,11H2,1-2H3,(H,20,23)/t16-,19+/m0/s1. The molecule has 2 amide bonds. The zero-order chi connectivity index (χ0) is 18.5. The summed E-state index contributed by atoms with van der Waals surface area (Å²) in [5.41, 5.74) is 1.72. The van der Waals surface area contributed by atoms with E-state index >= 15 is 0 Å². The van der Waals surface area contributed by atoms with Gasteiger partial charge in [0.15, 0.2) is 5.72 Å². The van der Waals surface area contributed by atoms with Gasteiger partial charge in [0.2, 0.25) is 0 Å². The van der Waals surface area contributed by atoms with E-state index in [9.17, 15) is 14.9 Å². The topological polar surface area (TPSA) is 84.7 Å². The van der Waals surface area contributed by atoms with Gasteiger partial charge in [-0.05, 0) is 37.1 Å². The maximum Gasteiger partial charge on any atom is 0.325 e. The van der Waals surface area contributed by atoms with Crippen molar-refractivity contribution in [1.82, 2.24) is 5.32 Å². The Morgan fingerprint density at radius 3 is 2.69 bits per heavy atom. The normalized spacial score (nSPS) is 23.7. The average molecular weight is 353 g/mol. The molecule has 2 heterocycles. The smallest absolute Gasteiger partial charge is 0.325 e. The van der Waals surface area contributed by atoms with Crippen molar-refractivity contribution in [1.29, 1.82) is 0 Å². The van der Waals surface area contributed by atoms with Crippen LogP contribution in [0.5, 0.6) is 5.75 Å². The highest BCUT2D eigenvalue weighted by atomic mass is 16.6. The van der Waals surface area contributed by atoms with Crippen LogP contribution in [0, 0.1) is 10.1 Å². The van der Waals surface area contributed by atoms with Crippen LogP contribution in [0.25, 0.3) is 0 Å². The fraction of sp³-hybridized carbons (Fsp3) is 0.316. The number of fused-ring (bicyclic) bond motifs is 4. The molecular weight excluding hydrogens is 334 g/mol. The molecule has 134 valence electrons. The number of ether oxygens (including phenoxy) is 1. The quantitative estimate of drug-likeness (QED) is 0.669. The van der Waals surface area contributed by atoms with E-state index in [1.165, 1.54) is 17.7 Å². The van der Waals surface area contributed by atoms with Crippen LogP contribution in [0.4, 0.5) is 16.2 Å². The number of anilines is 1. The van der Waals surface area contributed by atoms with Crippen molar-refractivity contribution in [3.63, 3.8) is 0 Å². The van der Waals surface area contributed by atoms with Gasteiger partial charge in [0.05, 0.1) is 11.0 Å². The lowest BCUT2D eigenvalue weighted by Gasteiger charge is -2.50. The Kier molecular flexibility index (Phi) is 3.61. The zero-order valence-electron chi connectivity index (χ0n) is 14.6. The first-order valence-electron chi connectivity index (χ1n) is 8.58. The van der Waals surface area contributed by atoms with Gasteiger partial charge in [0.25, 0.3) is 5.69 Å². The molecule has 1 N–H and O–H groups in total. The number of rotatable bonds is 3. The number of benzene rings is 2.